The highest BCUT2D eigenvalue weighted by atomic mass is 32.2. The highest BCUT2D eigenvalue weighted by Crippen LogP contribution is 2.17. The van der Waals surface area contributed by atoms with Gasteiger partial charge in [-0.05, 0) is 18.4 Å². The quantitative estimate of drug-likeness (QED) is 0.831. The molecule has 4 nitrogen and oxygen atoms in total. The minimum absolute atomic E-state index is 0.0786. The Bertz CT molecular complexity index is 432. The zero-order valence-corrected chi connectivity index (χ0v) is 11.1. The lowest BCUT2D eigenvalue weighted by atomic mass is 10.0. The second kappa shape index (κ2) is 6.39. The fraction of sp³-hybridized carbons (Fsp3) is 0.417. The standard InChI is InChI=1S/C12H17N3OS/c1-8(12(16)17-3)7-10(14-2)11-9(13)5-4-6-15-11/h4-6,8H,7,13H2,1-3H3/b14-10+. The zero-order chi connectivity index (χ0) is 12.8. The first-order chi connectivity index (χ1) is 8.10. The number of rotatable bonds is 4. The first-order valence-electron chi connectivity index (χ1n) is 5.34. The average Bonchev–Trinajstić information content (AvgIpc) is 2.35. The monoisotopic (exact) mass is 251 g/mol. The Morgan fingerprint density at radius 1 is 1.65 bits per heavy atom. The van der Waals surface area contributed by atoms with Crippen LogP contribution in [0, 0.1) is 5.92 Å². The largest absolute Gasteiger partial charge is 0.397 e. The third-order valence-corrected chi connectivity index (χ3v) is 3.29. The molecule has 0 aliphatic carbocycles. The van der Waals surface area contributed by atoms with Gasteiger partial charge >= 0.3 is 0 Å². The van der Waals surface area contributed by atoms with Crippen LogP contribution in [0.2, 0.25) is 0 Å². The van der Waals surface area contributed by atoms with Gasteiger partial charge in [0.25, 0.3) is 0 Å². The summed E-state index contributed by atoms with van der Waals surface area (Å²) in [7, 11) is 1.69. The predicted molar refractivity (Wildman–Crippen MR) is 73.4 cm³/mol. The molecule has 1 rings (SSSR count). The van der Waals surface area contributed by atoms with Crippen molar-refractivity contribution in [1.29, 1.82) is 0 Å². The molecule has 92 valence electrons. The van der Waals surface area contributed by atoms with Crippen molar-refractivity contribution >= 4 is 28.3 Å². The Morgan fingerprint density at radius 2 is 2.35 bits per heavy atom. The van der Waals surface area contributed by atoms with Gasteiger partial charge in [-0.15, -0.1) is 0 Å². The van der Waals surface area contributed by atoms with Crippen molar-refractivity contribution in [3.05, 3.63) is 24.0 Å². The lowest BCUT2D eigenvalue weighted by Crippen LogP contribution is -2.15. The van der Waals surface area contributed by atoms with Gasteiger partial charge in [-0.2, -0.15) is 0 Å². The predicted octanol–water partition coefficient (Wildman–Crippen LogP) is 2.00. The van der Waals surface area contributed by atoms with Gasteiger partial charge < -0.3 is 5.73 Å². The molecule has 0 spiro atoms. The Balaban J connectivity index is 2.88. The Labute approximate surface area is 106 Å². The number of carbonyl (C=O) groups is 1. The van der Waals surface area contributed by atoms with E-state index in [1.165, 1.54) is 11.8 Å². The molecule has 0 bridgehead atoms. The summed E-state index contributed by atoms with van der Waals surface area (Å²) >= 11 is 1.24. The molecule has 17 heavy (non-hydrogen) atoms. The molecule has 0 amide bonds. The van der Waals surface area contributed by atoms with E-state index in [-0.39, 0.29) is 11.0 Å². The van der Waals surface area contributed by atoms with E-state index in [0.717, 1.165) is 5.71 Å². The van der Waals surface area contributed by atoms with Crippen molar-refractivity contribution in [2.45, 2.75) is 13.3 Å². The summed E-state index contributed by atoms with van der Waals surface area (Å²) in [6.45, 7) is 1.89. The molecule has 0 radical (unpaired) electrons. The number of nitrogen functional groups attached to an aromatic ring is 1. The number of aliphatic imine (C=N–C) groups is 1. The number of thioether (sulfide) groups is 1. The van der Waals surface area contributed by atoms with Crippen LogP contribution in [0.25, 0.3) is 0 Å². The summed E-state index contributed by atoms with van der Waals surface area (Å²) in [6, 6.07) is 3.57. The topological polar surface area (TPSA) is 68.3 Å². The number of nitrogens with two attached hydrogens (primary N) is 1. The second-order valence-corrected chi connectivity index (χ2v) is 4.55. The van der Waals surface area contributed by atoms with E-state index >= 15 is 0 Å². The molecule has 0 aliphatic heterocycles. The lowest BCUT2D eigenvalue weighted by molar-refractivity contribution is -0.113. The molecular formula is C12H17N3OS. The molecule has 1 unspecified atom stereocenters. The number of hydrogen-bond acceptors (Lipinski definition) is 5. The van der Waals surface area contributed by atoms with Crippen LogP contribution in [0.15, 0.2) is 23.3 Å². The van der Waals surface area contributed by atoms with Gasteiger partial charge in [-0.3, -0.25) is 14.8 Å². The van der Waals surface area contributed by atoms with Gasteiger partial charge in [0.1, 0.15) is 5.69 Å². The van der Waals surface area contributed by atoms with Crippen LogP contribution >= 0.6 is 11.8 Å². The van der Waals surface area contributed by atoms with Gasteiger partial charge in [0, 0.05) is 25.6 Å². The van der Waals surface area contributed by atoms with Crippen LogP contribution in [0.5, 0.6) is 0 Å². The van der Waals surface area contributed by atoms with Crippen LogP contribution in [-0.4, -0.2) is 29.1 Å². The van der Waals surface area contributed by atoms with Crippen molar-refractivity contribution in [2.75, 3.05) is 19.0 Å². The molecule has 1 heterocycles. The summed E-state index contributed by atoms with van der Waals surface area (Å²) in [4.78, 5) is 19.9. The van der Waals surface area contributed by atoms with E-state index in [9.17, 15) is 4.79 Å². The summed E-state index contributed by atoms with van der Waals surface area (Å²) in [5, 5.41) is 0.153. The first kappa shape index (κ1) is 13.7. The average molecular weight is 251 g/mol. The molecule has 1 aromatic heterocycles. The van der Waals surface area contributed by atoms with E-state index in [1.54, 1.807) is 31.6 Å². The van der Waals surface area contributed by atoms with Crippen LogP contribution in [0.1, 0.15) is 19.0 Å². The molecular weight excluding hydrogens is 234 g/mol. The number of aromatic nitrogens is 1. The van der Waals surface area contributed by atoms with Crippen LogP contribution < -0.4 is 5.73 Å². The molecule has 0 saturated carbocycles. The van der Waals surface area contributed by atoms with Gasteiger partial charge in [0.2, 0.25) is 0 Å². The minimum atomic E-state index is -0.0786. The molecule has 0 saturated heterocycles. The number of nitrogens with zero attached hydrogens (tertiary/aromatic N) is 2. The van der Waals surface area contributed by atoms with Gasteiger partial charge in [-0.25, -0.2) is 0 Å². The third kappa shape index (κ3) is 3.56. The maximum Gasteiger partial charge on any atom is 0.191 e. The Kier molecular flexibility index (Phi) is 5.15. The number of hydrogen-bond donors (Lipinski definition) is 1. The molecule has 1 aromatic rings. The third-order valence-electron chi connectivity index (χ3n) is 2.49. The number of carbonyl (C=O) groups excluding carboxylic acids is 1. The van der Waals surface area contributed by atoms with Gasteiger partial charge in [0.05, 0.1) is 11.4 Å². The summed E-state index contributed by atoms with van der Waals surface area (Å²) in [6.07, 6.45) is 4.03. The van der Waals surface area contributed by atoms with Crippen LogP contribution in [-0.2, 0) is 4.79 Å². The second-order valence-electron chi connectivity index (χ2n) is 3.74. The van der Waals surface area contributed by atoms with E-state index in [1.807, 2.05) is 6.92 Å². The number of anilines is 1. The first-order valence-corrected chi connectivity index (χ1v) is 6.57. The van der Waals surface area contributed by atoms with Crippen molar-refractivity contribution in [3.8, 4) is 0 Å². The molecule has 0 aromatic carbocycles. The highest BCUT2D eigenvalue weighted by Gasteiger charge is 2.17. The smallest absolute Gasteiger partial charge is 0.191 e. The highest BCUT2D eigenvalue weighted by molar-refractivity contribution is 8.13. The summed E-state index contributed by atoms with van der Waals surface area (Å²) < 4.78 is 0. The number of pyridine rings is 1. The summed E-state index contributed by atoms with van der Waals surface area (Å²) in [5.74, 6) is -0.0786. The van der Waals surface area contributed by atoms with E-state index in [0.29, 0.717) is 17.8 Å². The van der Waals surface area contributed by atoms with Gasteiger partial charge in [0.15, 0.2) is 5.12 Å². The fourth-order valence-corrected chi connectivity index (χ4v) is 2.01. The van der Waals surface area contributed by atoms with Crippen molar-refractivity contribution < 1.29 is 4.79 Å². The normalized spacial score (nSPS) is 13.5. The molecule has 0 fully saturated rings. The van der Waals surface area contributed by atoms with E-state index in [4.69, 9.17) is 5.73 Å². The fourth-order valence-electron chi connectivity index (χ4n) is 1.53. The summed E-state index contributed by atoms with van der Waals surface area (Å²) in [5.41, 5.74) is 7.89. The van der Waals surface area contributed by atoms with Crippen molar-refractivity contribution in [1.82, 2.24) is 4.98 Å². The minimum Gasteiger partial charge on any atom is -0.397 e. The molecule has 0 aliphatic rings. The van der Waals surface area contributed by atoms with E-state index < -0.39 is 0 Å². The van der Waals surface area contributed by atoms with Gasteiger partial charge in [-0.1, -0.05) is 18.7 Å². The van der Waals surface area contributed by atoms with Crippen LogP contribution in [0.3, 0.4) is 0 Å². The van der Waals surface area contributed by atoms with E-state index in [2.05, 4.69) is 9.98 Å². The maximum atomic E-state index is 11.5. The Hall–Kier alpha value is -1.36. The van der Waals surface area contributed by atoms with Crippen LogP contribution in [0.4, 0.5) is 5.69 Å². The van der Waals surface area contributed by atoms with Crippen molar-refractivity contribution in [3.63, 3.8) is 0 Å². The maximum absolute atomic E-state index is 11.5. The SMILES string of the molecule is C/N=C(\CC(C)C(=O)SC)c1ncccc1N. The molecule has 5 heteroatoms. The molecule has 1 atom stereocenters. The lowest BCUT2D eigenvalue weighted by Gasteiger charge is -2.11. The Morgan fingerprint density at radius 3 is 2.88 bits per heavy atom. The zero-order valence-electron chi connectivity index (χ0n) is 10.3. The molecule has 2 N–H and O–H groups in total. The van der Waals surface area contributed by atoms with Crippen molar-refractivity contribution in [2.24, 2.45) is 10.9 Å².